The quantitative estimate of drug-likeness (QED) is 0.669. The molecular weight excluding hydrogens is 251 g/mol. The molecule has 1 heterocycles. The average Bonchev–Trinajstić information content (AvgIpc) is 2.99. The monoisotopic (exact) mass is 276 g/mol. The van der Waals surface area contributed by atoms with E-state index in [1.807, 2.05) is 0 Å². The van der Waals surface area contributed by atoms with Crippen LogP contribution < -0.4 is 24.2 Å². The summed E-state index contributed by atoms with van der Waals surface area (Å²) in [6, 6.07) is -0.970. The molecule has 1 atom stereocenters. The Kier molecular flexibility index (Phi) is 6.41. The Morgan fingerprint density at radius 2 is 1.80 bits per heavy atom. The number of hydrogen-bond acceptors (Lipinski definition) is 2. The van der Waals surface area contributed by atoms with Crippen LogP contribution in [0.25, 0.3) is 0 Å². The van der Waals surface area contributed by atoms with Gasteiger partial charge in [-0.1, -0.05) is 19.8 Å². The van der Waals surface area contributed by atoms with Gasteiger partial charge in [0.2, 0.25) is 0 Å². The summed E-state index contributed by atoms with van der Waals surface area (Å²) >= 11 is 0. The van der Waals surface area contributed by atoms with E-state index in [1.165, 1.54) is 12.8 Å². The maximum absolute atomic E-state index is 12.0. The molecule has 0 radical (unpaired) electrons. The fourth-order valence-electron chi connectivity index (χ4n) is 3.29. The van der Waals surface area contributed by atoms with Gasteiger partial charge < -0.3 is 16.7 Å². The Morgan fingerprint density at radius 1 is 1.25 bits per heavy atom. The molecule has 2 fully saturated rings. The smallest absolute Gasteiger partial charge is 1.00 e. The largest absolute Gasteiger partial charge is 1.00 e. The van der Waals surface area contributed by atoms with Crippen molar-refractivity contribution in [3.05, 3.63) is 0 Å². The number of likely N-dealkylation sites (tertiary alicyclic amines) is 1. The third-order valence-electron chi connectivity index (χ3n) is 4.50. The van der Waals surface area contributed by atoms with E-state index in [1.54, 1.807) is 4.90 Å². The molecule has 1 saturated heterocycles. The second-order valence-corrected chi connectivity index (χ2v) is 6.26. The van der Waals surface area contributed by atoms with Gasteiger partial charge in [-0.05, 0) is 37.5 Å². The standard InChI is InChI=1S/C14H24N2O3.Li.H/c1-14(6-2-3-7-14)10-11(12(17)18)15-13(19)16-8-4-5-9-16;;/h11H,2-10H2,1H3,(H,15,19)(H,17,18);;/q;+1;-1. The van der Waals surface area contributed by atoms with Gasteiger partial charge in [0.25, 0.3) is 0 Å². The van der Waals surface area contributed by atoms with E-state index in [9.17, 15) is 14.7 Å². The predicted octanol–water partition coefficient (Wildman–Crippen LogP) is -0.668. The minimum atomic E-state index is -0.916. The summed E-state index contributed by atoms with van der Waals surface area (Å²) in [4.78, 5) is 25.1. The van der Waals surface area contributed by atoms with Crippen molar-refractivity contribution in [2.45, 2.75) is 57.9 Å². The minimum absolute atomic E-state index is 0. The van der Waals surface area contributed by atoms with Crippen LogP contribution >= 0.6 is 0 Å². The molecule has 0 aromatic rings. The van der Waals surface area contributed by atoms with E-state index in [2.05, 4.69) is 12.2 Å². The Bertz CT molecular complexity index is 356. The molecular formula is C14H25LiN2O3. The number of amides is 2. The van der Waals surface area contributed by atoms with Crippen LogP contribution in [0.4, 0.5) is 4.79 Å². The van der Waals surface area contributed by atoms with Crippen molar-refractivity contribution in [3.63, 3.8) is 0 Å². The summed E-state index contributed by atoms with van der Waals surface area (Å²) in [5, 5.41) is 12.0. The molecule has 2 aliphatic rings. The maximum atomic E-state index is 12.0. The molecule has 2 N–H and O–H groups in total. The van der Waals surface area contributed by atoms with Gasteiger partial charge in [-0.2, -0.15) is 0 Å². The zero-order valence-electron chi connectivity index (χ0n) is 13.7. The van der Waals surface area contributed by atoms with E-state index < -0.39 is 12.0 Å². The fraction of sp³-hybridized carbons (Fsp3) is 0.857. The number of carbonyl (C=O) groups is 2. The van der Waals surface area contributed by atoms with Gasteiger partial charge in [0.15, 0.2) is 0 Å². The molecule has 0 aromatic carbocycles. The first kappa shape index (κ1) is 17.4. The van der Waals surface area contributed by atoms with Crippen molar-refractivity contribution in [3.8, 4) is 0 Å². The molecule has 1 aliphatic carbocycles. The fourth-order valence-corrected chi connectivity index (χ4v) is 3.29. The number of hydrogen-bond donors (Lipinski definition) is 2. The zero-order chi connectivity index (χ0) is 13.9. The van der Waals surface area contributed by atoms with E-state index in [0.29, 0.717) is 6.42 Å². The van der Waals surface area contributed by atoms with Gasteiger partial charge in [0.1, 0.15) is 6.04 Å². The van der Waals surface area contributed by atoms with Crippen molar-refractivity contribution in [1.82, 2.24) is 10.2 Å². The number of rotatable bonds is 4. The third kappa shape index (κ3) is 4.43. The number of nitrogens with one attached hydrogen (secondary N) is 1. The molecule has 0 aromatic heterocycles. The zero-order valence-corrected chi connectivity index (χ0v) is 12.7. The van der Waals surface area contributed by atoms with Crippen molar-refractivity contribution >= 4 is 12.0 Å². The second kappa shape index (κ2) is 7.38. The van der Waals surface area contributed by atoms with Gasteiger partial charge >= 0.3 is 30.9 Å². The SMILES string of the molecule is CC1(CC(NC(=O)N2CCCC2)C(=O)O)CCCC1.[H-].[Li+]. The first-order chi connectivity index (χ1) is 9.00. The predicted molar refractivity (Wildman–Crippen MR) is 73.1 cm³/mol. The number of aliphatic carboxylic acids is 1. The molecule has 1 saturated carbocycles. The van der Waals surface area contributed by atoms with Crippen molar-refractivity contribution < 1.29 is 35.0 Å². The van der Waals surface area contributed by atoms with Crippen LogP contribution in [0.5, 0.6) is 0 Å². The number of urea groups is 1. The van der Waals surface area contributed by atoms with Crippen molar-refractivity contribution in [1.29, 1.82) is 0 Å². The van der Waals surface area contributed by atoms with Crippen LogP contribution in [0.2, 0.25) is 0 Å². The normalized spacial score (nSPS) is 22.1. The van der Waals surface area contributed by atoms with E-state index in [4.69, 9.17) is 0 Å². The number of carbonyl (C=O) groups excluding carboxylic acids is 1. The van der Waals surface area contributed by atoms with Crippen LogP contribution in [0.15, 0.2) is 0 Å². The Labute approximate surface area is 134 Å². The summed E-state index contributed by atoms with van der Waals surface area (Å²) < 4.78 is 0. The molecule has 110 valence electrons. The molecule has 1 aliphatic heterocycles. The van der Waals surface area contributed by atoms with Gasteiger partial charge in [0, 0.05) is 13.1 Å². The maximum Gasteiger partial charge on any atom is 1.00 e. The molecule has 1 unspecified atom stereocenters. The molecule has 6 heteroatoms. The van der Waals surface area contributed by atoms with Gasteiger partial charge in [-0.15, -0.1) is 0 Å². The van der Waals surface area contributed by atoms with Crippen LogP contribution in [-0.2, 0) is 4.79 Å². The summed E-state index contributed by atoms with van der Waals surface area (Å²) in [5.41, 5.74) is 0.0708. The van der Waals surface area contributed by atoms with E-state index in [-0.39, 0.29) is 31.7 Å². The number of nitrogens with zero attached hydrogens (tertiary/aromatic N) is 1. The van der Waals surface area contributed by atoms with Crippen molar-refractivity contribution in [2.24, 2.45) is 5.41 Å². The van der Waals surface area contributed by atoms with Crippen LogP contribution in [0.1, 0.15) is 53.3 Å². The molecule has 2 amide bonds. The summed E-state index contributed by atoms with van der Waals surface area (Å²) in [5.74, 6) is -0.916. The summed E-state index contributed by atoms with van der Waals surface area (Å²) in [6.45, 7) is 3.63. The summed E-state index contributed by atoms with van der Waals surface area (Å²) in [6.07, 6.45) is 7.05. The van der Waals surface area contributed by atoms with Crippen LogP contribution in [-0.4, -0.2) is 41.1 Å². The van der Waals surface area contributed by atoms with Crippen LogP contribution in [0.3, 0.4) is 0 Å². The first-order valence-corrected chi connectivity index (χ1v) is 7.28. The number of carboxylic acids is 1. The topological polar surface area (TPSA) is 69.6 Å². The Hall–Kier alpha value is -0.663. The van der Waals surface area contributed by atoms with E-state index >= 15 is 0 Å². The Morgan fingerprint density at radius 3 is 2.30 bits per heavy atom. The van der Waals surface area contributed by atoms with Gasteiger partial charge in [-0.3, -0.25) is 0 Å². The number of carboxylic acid groups (broad SMARTS) is 1. The minimum Gasteiger partial charge on any atom is -1.00 e. The second-order valence-electron chi connectivity index (χ2n) is 6.26. The molecule has 5 nitrogen and oxygen atoms in total. The van der Waals surface area contributed by atoms with E-state index in [0.717, 1.165) is 38.8 Å². The molecule has 0 bridgehead atoms. The average molecular weight is 276 g/mol. The summed E-state index contributed by atoms with van der Waals surface area (Å²) in [7, 11) is 0. The molecule has 2 rings (SSSR count). The van der Waals surface area contributed by atoms with Crippen molar-refractivity contribution in [2.75, 3.05) is 13.1 Å². The Balaban J connectivity index is 0.00000200. The molecule has 20 heavy (non-hydrogen) atoms. The van der Waals surface area contributed by atoms with Crippen LogP contribution in [0, 0.1) is 5.41 Å². The molecule has 0 spiro atoms. The third-order valence-corrected chi connectivity index (χ3v) is 4.50. The first-order valence-electron chi connectivity index (χ1n) is 7.28. The van der Waals surface area contributed by atoms with Gasteiger partial charge in [0.05, 0.1) is 0 Å². The van der Waals surface area contributed by atoms with Gasteiger partial charge in [-0.25, -0.2) is 9.59 Å².